The van der Waals surface area contributed by atoms with E-state index in [1.165, 1.54) is 19.1 Å². The number of rotatable bonds is 9. The van der Waals surface area contributed by atoms with Crippen LogP contribution >= 0.6 is 0 Å². The van der Waals surface area contributed by atoms with E-state index in [0.717, 1.165) is 6.07 Å². The van der Waals surface area contributed by atoms with Crippen LogP contribution in [0.5, 0.6) is 0 Å². The number of halogens is 5. The Bertz CT molecular complexity index is 1130. The number of aromatic nitrogens is 2. The number of carbonyl (C=O) groups excluding carboxylic acids is 1. The number of benzene rings is 1. The molecule has 13 heteroatoms. The molecule has 4 rings (SSSR count). The van der Waals surface area contributed by atoms with E-state index in [4.69, 9.17) is 15.2 Å². The molecule has 1 atom stereocenters. The molecular weight excluding hydrogens is 489 g/mol. The van der Waals surface area contributed by atoms with Crippen LogP contribution < -0.4 is 16.4 Å². The van der Waals surface area contributed by atoms with Crippen molar-refractivity contribution in [2.24, 2.45) is 5.73 Å². The van der Waals surface area contributed by atoms with Crippen LogP contribution in [0.2, 0.25) is 0 Å². The van der Waals surface area contributed by atoms with E-state index in [1.54, 1.807) is 0 Å². The second-order valence-corrected chi connectivity index (χ2v) is 8.95. The van der Waals surface area contributed by atoms with Gasteiger partial charge in [0.15, 0.2) is 6.29 Å². The molecule has 1 saturated heterocycles. The van der Waals surface area contributed by atoms with E-state index in [1.807, 2.05) is 0 Å². The van der Waals surface area contributed by atoms with E-state index in [-0.39, 0.29) is 60.9 Å². The first kappa shape index (κ1) is 26.2. The first-order valence-corrected chi connectivity index (χ1v) is 11.3. The van der Waals surface area contributed by atoms with Crippen molar-refractivity contribution in [2.75, 3.05) is 18.5 Å². The molecule has 1 aromatic carbocycles. The normalized spacial score (nSPS) is 18.4. The third-order valence-electron chi connectivity index (χ3n) is 6.05. The fourth-order valence-electron chi connectivity index (χ4n) is 4.02. The third-order valence-corrected chi connectivity index (χ3v) is 6.05. The largest absolute Gasteiger partial charge is 0.350 e. The SMILES string of the molecule is Cc1nc(CC(=O)NC2(C(F)F)CC2)c(C2OCCO2)c(NC(N)c2cccc(C(C)(F)F)c2F)n1. The molecule has 1 amide bonds. The highest BCUT2D eigenvalue weighted by molar-refractivity contribution is 5.80. The van der Waals surface area contributed by atoms with Crippen molar-refractivity contribution in [1.29, 1.82) is 0 Å². The molecule has 2 aromatic rings. The van der Waals surface area contributed by atoms with Crippen LogP contribution in [0, 0.1) is 12.7 Å². The number of ether oxygens (including phenoxy) is 2. The number of anilines is 1. The summed E-state index contributed by atoms with van der Waals surface area (Å²) >= 11 is 0. The predicted molar refractivity (Wildman–Crippen MR) is 118 cm³/mol. The van der Waals surface area contributed by atoms with Crippen molar-refractivity contribution in [3.63, 3.8) is 0 Å². The first-order valence-electron chi connectivity index (χ1n) is 11.3. The van der Waals surface area contributed by atoms with Gasteiger partial charge < -0.3 is 25.8 Å². The number of nitrogens with zero attached hydrogens (tertiary/aromatic N) is 2. The van der Waals surface area contributed by atoms with Gasteiger partial charge in [0.2, 0.25) is 5.91 Å². The van der Waals surface area contributed by atoms with Gasteiger partial charge in [-0.05, 0) is 19.8 Å². The van der Waals surface area contributed by atoms with Gasteiger partial charge in [-0.25, -0.2) is 31.9 Å². The van der Waals surface area contributed by atoms with Crippen molar-refractivity contribution in [1.82, 2.24) is 15.3 Å². The van der Waals surface area contributed by atoms with Crippen molar-refractivity contribution in [2.45, 2.75) is 63.5 Å². The molecule has 1 unspecified atom stereocenters. The molecule has 1 saturated carbocycles. The molecule has 1 aromatic heterocycles. The second kappa shape index (κ2) is 9.87. The molecule has 2 heterocycles. The second-order valence-electron chi connectivity index (χ2n) is 8.95. The molecule has 8 nitrogen and oxygen atoms in total. The molecule has 1 aliphatic heterocycles. The Balaban J connectivity index is 1.66. The number of carbonyl (C=O) groups is 1. The van der Waals surface area contributed by atoms with Gasteiger partial charge in [-0.3, -0.25) is 4.79 Å². The Hall–Kier alpha value is -2.90. The lowest BCUT2D eigenvalue weighted by Gasteiger charge is -2.23. The van der Waals surface area contributed by atoms with Crippen molar-refractivity contribution >= 4 is 11.7 Å². The Morgan fingerprint density at radius 1 is 1.25 bits per heavy atom. The maximum absolute atomic E-state index is 14.9. The quantitative estimate of drug-likeness (QED) is 0.346. The van der Waals surface area contributed by atoms with E-state index < -0.39 is 47.6 Å². The lowest BCUT2D eigenvalue weighted by atomic mass is 10.0. The number of alkyl halides is 4. The summed E-state index contributed by atoms with van der Waals surface area (Å²) in [4.78, 5) is 21.2. The highest BCUT2D eigenvalue weighted by Gasteiger charge is 2.52. The maximum atomic E-state index is 14.9. The van der Waals surface area contributed by atoms with Crippen molar-refractivity contribution in [3.8, 4) is 0 Å². The van der Waals surface area contributed by atoms with Crippen LogP contribution in [-0.2, 0) is 26.6 Å². The van der Waals surface area contributed by atoms with E-state index in [9.17, 15) is 26.7 Å². The van der Waals surface area contributed by atoms with Gasteiger partial charge in [0.25, 0.3) is 12.3 Å². The Labute approximate surface area is 203 Å². The Kier molecular flexibility index (Phi) is 7.17. The van der Waals surface area contributed by atoms with Crippen LogP contribution in [-0.4, -0.2) is 41.1 Å². The lowest BCUT2D eigenvalue weighted by molar-refractivity contribution is -0.122. The molecular formula is C23H26F5N5O3. The van der Waals surface area contributed by atoms with Crippen molar-refractivity contribution in [3.05, 3.63) is 52.2 Å². The molecule has 0 spiro atoms. The van der Waals surface area contributed by atoms with Crippen LogP contribution in [0.3, 0.4) is 0 Å². The minimum atomic E-state index is -3.43. The zero-order valence-electron chi connectivity index (χ0n) is 19.6. The topological polar surface area (TPSA) is 111 Å². The van der Waals surface area contributed by atoms with Crippen LogP contribution in [0.25, 0.3) is 0 Å². The summed E-state index contributed by atoms with van der Waals surface area (Å²) in [6.07, 6.45) is -5.08. The molecule has 36 heavy (non-hydrogen) atoms. The van der Waals surface area contributed by atoms with E-state index >= 15 is 0 Å². The van der Waals surface area contributed by atoms with E-state index in [2.05, 4.69) is 20.6 Å². The van der Waals surface area contributed by atoms with Crippen LogP contribution in [0.4, 0.5) is 27.8 Å². The molecule has 0 bridgehead atoms. The fraction of sp³-hybridized carbons (Fsp3) is 0.522. The van der Waals surface area contributed by atoms with Crippen molar-refractivity contribution < 1.29 is 36.2 Å². The minimum absolute atomic E-state index is 0.0350. The summed E-state index contributed by atoms with van der Waals surface area (Å²) in [5.74, 6) is -5.05. The van der Waals surface area contributed by atoms with Gasteiger partial charge >= 0.3 is 0 Å². The maximum Gasteiger partial charge on any atom is 0.273 e. The molecule has 1 aliphatic carbocycles. The first-order chi connectivity index (χ1) is 16.9. The fourth-order valence-corrected chi connectivity index (χ4v) is 4.02. The van der Waals surface area contributed by atoms with Gasteiger partial charge in [-0.15, -0.1) is 0 Å². The smallest absolute Gasteiger partial charge is 0.273 e. The molecule has 4 N–H and O–H groups in total. The standard InChI is InChI=1S/C23H26F5N5O3/c1-11-30-14(10-15(34)33-23(6-7-23)21(25)26)16(20-35-8-9-36-20)19(31-11)32-18(29)12-4-3-5-13(17(12)24)22(2,27)28/h3-5,18,20-21H,6-10,29H2,1-2H3,(H,33,34)(H,30,31,32). The number of hydrogen-bond acceptors (Lipinski definition) is 7. The number of hydrogen-bond donors (Lipinski definition) is 3. The molecule has 0 radical (unpaired) electrons. The number of amides is 1. The molecule has 196 valence electrons. The molecule has 2 fully saturated rings. The zero-order valence-corrected chi connectivity index (χ0v) is 19.6. The van der Waals surface area contributed by atoms with E-state index in [0.29, 0.717) is 6.92 Å². The zero-order chi connectivity index (χ0) is 26.3. The average Bonchev–Trinajstić information content (AvgIpc) is 3.35. The van der Waals surface area contributed by atoms with Gasteiger partial charge in [-0.2, -0.15) is 0 Å². The van der Waals surface area contributed by atoms with Gasteiger partial charge in [0, 0.05) is 12.5 Å². The third kappa shape index (κ3) is 5.42. The average molecular weight is 515 g/mol. The Morgan fingerprint density at radius 3 is 2.50 bits per heavy atom. The predicted octanol–water partition coefficient (Wildman–Crippen LogP) is 3.61. The van der Waals surface area contributed by atoms with Crippen LogP contribution in [0.1, 0.15) is 60.4 Å². The highest BCUT2D eigenvalue weighted by Crippen LogP contribution is 2.41. The summed E-state index contributed by atoms with van der Waals surface area (Å²) < 4.78 is 80.2. The summed E-state index contributed by atoms with van der Waals surface area (Å²) in [5, 5.41) is 5.16. The number of nitrogens with two attached hydrogens (primary N) is 1. The monoisotopic (exact) mass is 515 g/mol. The molecule has 2 aliphatic rings. The highest BCUT2D eigenvalue weighted by atomic mass is 19.3. The number of aryl methyl sites for hydroxylation is 1. The number of nitrogens with one attached hydrogen (secondary N) is 2. The summed E-state index contributed by atoms with van der Waals surface area (Å²) in [6, 6.07) is 3.48. The minimum Gasteiger partial charge on any atom is -0.350 e. The summed E-state index contributed by atoms with van der Waals surface area (Å²) in [5.41, 5.74) is 3.87. The van der Waals surface area contributed by atoms with Gasteiger partial charge in [0.1, 0.15) is 29.2 Å². The summed E-state index contributed by atoms with van der Waals surface area (Å²) in [7, 11) is 0. The van der Waals surface area contributed by atoms with Gasteiger partial charge in [-0.1, -0.05) is 18.2 Å². The summed E-state index contributed by atoms with van der Waals surface area (Å²) in [6.45, 7) is 2.56. The van der Waals surface area contributed by atoms with Crippen LogP contribution in [0.15, 0.2) is 18.2 Å². The van der Waals surface area contributed by atoms with Gasteiger partial charge in [0.05, 0.1) is 36.5 Å². The lowest BCUT2D eigenvalue weighted by Crippen LogP contribution is -2.43. The Morgan fingerprint density at radius 2 is 1.92 bits per heavy atom.